The Balaban J connectivity index is 1.17. The van der Waals surface area contributed by atoms with Crippen LogP contribution in [0.1, 0.15) is 75.7 Å². The van der Waals surface area contributed by atoms with Gasteiger partial charge in [0.25, 0.3) is 0 Å². The lowest BCUT2D eigenvalue weighted by molar-refractivity contribution is -0.371. The van der Waals surface area contributed by atoms with Crippen LogP contribution in [0.2, 0.25) is 0 Å². The van der Waals surface area contributed by atoms with E-state index in [0.717, 1.165) is 42.7 Å². The second-order valence-electron chi connectivity index (χ2n) is 17.4. The fraction of sp³-hybridized carbons (Fsp3) is 0.533. The van der Waals surface area contributed by atoms with E-state index in [1.54, 1.807) is 19.2 Å². The van der Waals surface area contributed by atoms with Crippen molar-refractivity contribution in [3.8, 4) is 11.5 Å². The zero-order valence-electron chi connectivity index (χ0n) is 34.2. The average Bonchev–Trinajstić information content (AvgIpc) is 4.03. The minimum atomic E-state index is -2.27. The van der Waals surface area contributed by atoms with E-state index >= 15 is 0 Å². The highest BCUT2D eigenvalue weighted by Gasteiger charge is 2.53. The Morgan fingerprint density at radius 1 is 1.12 bits per heavy atom. The fourth-order valence-corrected chi connectivity index (χ4v) is 10.1. The first kappa shape index (κ1) is 42.1. The van der Waals surface area contributed by atoms with Gasteiger partial charge in [-0.05, 0) is 81.7 Å². The second kappa shape index (κ2) is 16.3. The van der Waals surface area contributed by atoms with Crippen LogP contribution in [0, 0.1) is 18.3 Å². The normalized spacial score (nSPS) is 25.6. The molecule has 1 saturated heterocycles. The Bertz CT molecular complexity index is 2280. The van der Waals surface area contributed by atoms with Gasteiger partial charge in [-0.1, -0.05) is 31.9 Å². The fourth-order valence-electron chi connectivity index (χ4n) is 10.1. The molecule has 7 atom stereocenters. The molecule has 1 saturated carbocycles. The molecule has 1 aromatic heterocycles. The predicted molar refractivity (Wildman–Crippen MR) is 221 cm³/mol. The number of phenols is 1. The maximum atomic E-state index is 13.7. The lowest BCUT2D eigenvalue weighted by Gasteiger charge is -2.44. The summed E-state index contributed by atoms with van der Waals surface area (Å²) in [5, 5.41) is 67.0. The summed E-state index contributed by atoms with van der Waals surface area (Å²) < 4.78 is 13.6. The smallest absolute Gasteiger partial charge is 0.226 e. The van der Waals surface area contributed by atoms with Gasteiger partial charge in [0.2, 0.25) is 5.91 Å². The molecule has 15 heteroatoms. The van der Waals surface area contributed by atoms with Crippen LogP contribution in [0.5, 0.6) is 11.5 Å². The molecule has 0 radical (unpaired) electrons. The molecule has 5 aliphatic rings. The first-order valence-electron chi connectivity index (χ1n) is 21.0. The summed E-state index contributed by atoms with van der Waals surface area (Å²) >= 11 is 0. The highest BCUT2D eigenvalue weighted by Crippen LogP contribution is 2.52. The summed E-state index contributed by atoms with van der Waals surface area (Å²) in [6, 6.07) is 9.08. The number of benzene rings is 2. The van der Waals surface area contributed by atoms with Gasteiger partial charge in [-0.3, -0.25) is 14.6 Å². The third-order valence-corrected chi connectivity index (χ3v) is 13.5. The van der Waals surface area contributed by atoms with Gasteiger partial charge < -0.3 is 50.0 Å². The van der Waals surface area contributed by atoms with E-state index in [0.29, 0.717) is 71.6 Å². The van der Waals surface area contributed by atoms with E-state index in [4.69, 9.17) is 18.9 Å². The molecule has 322 valence electrons. The van der Waals surface area contributed by atoms with Crippen LogP contribution in [0.25, 0.3) is 11.0 Å². The van der Waals surface area contributed by atoms with Crippen LogP contribution < -0.4 is 20.4 Å². The van der Waals surface area contributed by atoms with E-state index in [9.17, 15) is 40.2 Å². The maximum Gasteiger partial charge on any atom is 0.226 e. The number of amides is 1. The number of hydrogen-bond acceptors (Lipinski definition) is 14. The molecular weight excluding hydrogens is 775 g/mol. The van der Waals surface area contributed by atoms with Gasteiger partial charge in [0.15, 0.2) is 16.8 Å². The number of aliphatic hydroxyl groups excluding tert-OH is 4. The molecule has 4 aliphatic heterocycles. The molecule has 3 aromatic rings. The van der Waals surface area contributed by atoms with E-state index in [1.165, 1.54) is 30.3 Å². The molecule has 7 N–H and O–H groups in total. The molecule has 0 unspecified atom stereocenters. The monoisotopic (exact) mass is 829 g/mol. The van der Waals surface area contributed by atoms with Crippen molar-refractivity contribution in [1.29, 1.82) is 0 Å². The quantitative estimate of drug-likeness (QED) is 0.0863. The summed E-state index contributed by atoms with van der Waals surface area (Å²) in [5.74, 6) is 1.10. The zero-order valence-corrected chi connectivity index (χ0v) is 34.2. The number of aliphatic hydroxyl groups is 5. The van der Waals surface area contributed by atoms with Crippen molar-refractivity contribution in [2.75, 3.05) is 31.2 Å². The number of nitrogens with one attached hydrogen (secondary N) is 1. The van der Waals surface area contributed by atoms with Crippen LogP contribution in [-0.2, 0) is 27.4 Å². The van der Waals surface area contributed by atoms with E-state index < -0.39 is 54.2 Å². The third-order valence-electron chi connectivity index (χ3n) is 13.5. The minimum absolute atomic E-state index is 0.0174. The van der Waals surface area contributed by atoms with Crippen molar-refractivity contribution < 1.29 is 54.4 Å². The minimum Gasteiger partial charge on any atom is -0.508 e. The number of phenolic OH excluding ortho intramolecular Hbond substituents is 1. The summed E-state index contributed by atoms with van der Waals surface area (Å²) in [6.45, 7) is 5.13. The third kappa shape index (κ3) is 7.44. The predicted octanol–water partition coefficient (Wildman–Crippen LogP) is 3.41. The van der Waals surface area contributed by atoms with Gasteiger partial charge in [0, 0.05) is 48.5 Å². The highest BCUT2D eigenvalue weighted by atomic mass is 17.2. The van der Waals surface area contributed by atoms with Crippen LogP contribution in [0.3, 0.4) is 0 Å². The summed E-state index contributed by atoms with van der Waals surface area (Å²) in [4.78, 5) is 45.8. The van der Waals surface area contributed by atoms with Crippen LogP contribution in [0.4, 0.5) is 5.69 Å². The van der Waals surface area contributed by atoms with E-state index in [1.807, 2.05) is 13.0 Å². The summed E-state index contributed by atoms with van der Waals surface area (Å²) in [6.07, 6.45) is 2.38. The standard InChI is InChI=1S/C45H55N3O12/c1-4-33-30-12-16-46-32(30)22-48(33)37-39-27(18-31-34(51)17-25(2)58-40(31)37)19-36(43(3,59-39)15-11-28-21-47-42(55)44(28)13-5-6-14-44)60-57-24-45(56,41(54)38(53)35(52)23-49)20-26-7-9-29(50)10-8-26/h7-10,12,16-18,28,35-36,38,41,49-50,52-54,56H,4-6,11,13-15,19-24H2,1-3H3,(H,47,55)/t28-,35-,36-,38-,41+,43-,45+/m1/s1. The maximum absolute atomic E-state index is 13.7. The molecule has 1 spiro atoms. The van der Waals surface area contributed by atoms with Crippen LogP contribution in [0.15, 0.2) is 74.1 Å². The number of fused-ring (bicyclic) bond motifs is 3. The summed E-state index contributed by atoms with van der Waals surface area (Å²) in [7, 11) is 0. The molecule has 15 nitrogen and oxygen atoms in total. The number of ether oxygens (including phenoxy) is 1. The molecule has 1 aliphatic carbocycles. The Hall–Kier alpha value is -4.61. The Labute approximate surface area is 347 Å². The number of aromatic hydroxyl groups is 1. The molecular formula is C45H55N3O12. The Kier molecular flexibility index (Phi) is 11.5. The topological polar surface area (TPSA) is 224 Å². The van der Waals surface area contributed by atoms with Gasteiger partial charge in [-0.15, -0.1) is 0 Å². The lowest BCUT2D eigenvalue weighted by Crippen LogP contribution is -2.58. The molecule has 2 aromatic carbocycles. The van der Waals surface area contributed by atoms with E-state index in [-0.39, 0.29) is 35.8 Å². The van der Waals surface area contributed by atoms with Crippen LogP contribution in [-0.4, -0.2) is 104 Å². The SMILES string of the molecule is CCC1=C2C=CN=C2CN1c1c2c(cc3c(=O)cc(C)oc13)C[C@@H](OOC[C@@](O)(Cc1ccc(O)cc1)[C@@H](O)[C@H](O)[C@H](O)CO)[C@@](C)(CC[C@@H]1CNC(=O)C13CCCC3)O2. The average molecular weight is 830 g/mol. The number of carbonyl (C=O) groups excluding carboxylic acids is 1. The van der Waals surface area contributed by atoms with Crippen LogP contribution >= 0.6 is 0 Å². The number of nitrogens with zero attached hydrogens (tertiary/aromatic N) is 2. The number of carbonyl (C=O) groups is 1. The van der Waals surface area contributed by atoms with Crippen molar-refractivity contribution in [1.82, 2.24) is 5.32 Å². The number of aliphatic imine (C=N–C) groups is 1. The highest BCUT2D eigenvalue weighted by molar-refractivity contribution is 6.13. The van der Waals surface area contributed by atoms with Gasteiger partial charge in [0.1, 0.15) is 59.4 Å². The number of anilines is 1. The zero-order chi connectivity index (χ0) is 42.6. The number of hydrogen-bond donors (Lipinski definition) is 7. The number of allylic oxidation sites excluding steroid dienone is 2. The van der Waals surface area contributed by atoms with Crippen molar-refractivity contribution in [3.05, 3.63) is 87.1 Å². The molecule has 60 heavy (non-hydrogen) atoms. The van der Waals surface area contributed by atoms with Crippen molar-refractivity contribution in [3.63, 3.8) is 0 Å². The van der Waals surface area contributed by atoms with Gasteiger partial charge in [-0.2, -0.15) is 0 Å². The van der Waals surface area contributed by atoms with Crippen molar-refractivity contribution >= 4 is 28.3 Å². The van der Waals surface area contributed by atoms with Crippen molar-refractivity contribution in [2.24, 2.45) is 16.3 Å². The van der Waals surface area contributed by atoms with Gasteiger partial charge >= 0.3 is 0 Å². The largest absolute Gasteiger partial charge is 0.508 e. The number of rotatable bonds is 15. The molecule has 5 heterocycles. The van der Waals surface area contributed by atoms with E-state index in [2.05, 4.69) is 22.1 Å². The molecule has 1 amide bonds. The second-order valence-corrected chi connectivity index (χ2v) is 17.4. The Morgan fingerprint density at radius 2 is 1.87 bits per heavy atom. The molecule has 0 bridgehead atoms. The first-order valence-corrected chi connectivity index (χ1v) is 21.0. The van der Waals surface area contributed by atoms with Gasteiger partial charge in [0.05, 0.1) is 29.7 Å². The lowest BCUT2D eigenvalue weighted by atomic mass is 9.72. The molecule has 8 rings (SSSR count). The van der Waals surface area contributed by atoms with Crippen molar-refractivity contribution in [2.45, 2.75) is 114 Å². The summed E-state index contributed by atoms with van der Waals surface area (Å²) in [5.41, 5.74) is 0.983. The Morgan fingerprint density at radius 3 is 2.58 bits per heavy atom. The first-order chi connectivity index (χ1) is 28.7. The molecule has 2 fully saturated rings. The van der Waals surface area contributed by atoms with Gasteiger partial charge in [-0.25, -0.2) is 9.78 Å². The number of aryl methyl sites for hydroxylation is 1.